The van der Waals surface area contributed by atoms with E-state index in [9.17, 15) is 9.90 Å². The molecule has 1 heterocycles. The first-order valence-corrected chi connectivity index (χ1v) is 9.40. The normalized spacial score (nSPS) is 11.8. The number of rotatable bonds is 8. The van der Waals surface area contributed by atoms with Crippen LogP contribution < -0.4 is 9.64 Å². The summed E-state index contributed by atoms with van der Waals surface area (Å²) in [5.41, 5.74) is 1.23. The summed E-state index contributed by atoms with van der Waals surface area (Å²) in [7, 11) is 0. The van der Waals surface area contributed by atoms with Crippen molar-refractivity contribution in [3.05, 3.63) is 54.1 Å². The van der Waals surface area contributed by atoms with Crippen LogP contribution in [0.25, 0.3) is 11.1 Å². The van der Waals surface area contributed by atoms with E-state index in [4.69, 9.17) is 9.15 Å². The second-order valence-electron chi connectivity index (χ2n) is 7.53. The Morgan fingerprint density at radius 1 is 1.18 bits per heavy atom. The molecule has 0 spiro atoms. The van der Waals surface area contributed by atoms with Crippen LogP contribution in [0.1, 0.15) is 33.3 Å². The van der Waals surface area contributed by atoms with Crippen LogP contribution in [0, 0.1) is 0 Å². The number of fused-ring (bicyclic) bond motifs is 1. The summed E-state index contributed by atoms with van der Waals surface area (Å²) in [6.45, 7) is 7.93. The predicted molar refractivity (Wildman–Crippen MR) is 109 cm³/mol. The Bertz CT molecular complexity index is 929. The quantitative estimate of drug-likeness (QED) is 0.617. The number of carboxylic acids is 1. The van der Waals surface area contributed by atoms with E-state index in [2.05, 4.69) is 23.7 Å². The maximum Gasteiger partial charge on any atom is 0.347 e. The molecule has 3 aromatic rings. The molecule has 0 unspecified atom stereocenters. The molecule has 0 aliphatic rings. The number of benzene rings is 2. The van der Waals surface area contributed by atoms with Gasteiger partial charge in [0.05, 0.1) is 0 Å². The average molecular weight is 382 g/mol. The summed E-state index contributed by atoms with van der Waals surface area (Å²) < 4.78 is 11.7. The third-order valence-corrected chi connectivity index (χ3v) is 4.63. The molecule has 0 aliphatic heterocycles. The van der Waals surface area contributed by atoms with Crippen molar-refractivity contribution in [3.63, 3.8) is 0 Å². The molecule has 0 saturated heterocycles. The van der Waals surface area contributed by atoms with Crippen LogP contribution in [0.15, 0.2) is 52.9 Å². The van der Waals surface area contributed by atoms with E-state index >= 15 is 0 Å². The third-order valence-electron chi connectivity index (χ3n) is 4.63. The Morgan fingerprint density at radius 3 is 2.54 bits per heavy atom. The van der Waals surface area contributed by atoms with E-state index in [1.165, 1.54) is 0 Å². The van der Waals surface area contributed by atoms with Gasteiger partial charge in [-0.05, 0) is 57.9 Å². The summed E-state index contributed by atoms with van der Waals surface area (Å²) in [6.07, 6.45) is 0.669. The molecule has 0 amide bonds. The highest BCUT2D eigenvalue weighted by molar-refractivity contribution is 5.77. The van der Waals surface area contributed by atoms with Gasteiger partial charge in [0.15, 0.2) is 11.2 Å². The molecule has 3 rings (SSSR count). The molecule has 148 valence electrons. The zero-order chi connectivity index (χ0) is 20.3. The van der Waals surface area contributed by atoms with Crippen molar-refractivity contribution in [1.82, 2.24) is 4.98 Å². The molecular formula is C22H26N2O4. The molecule has 0 aliphatic carbocycles. The Hall–Kier alpha value is -3.02. The van der Waals surface area contributed by atoms with Gasteiger partial charge in [0, 0.05) is 12.6 Å². The zero-order valence-electron chi connectivity index (χ0n) is 16.7. The fraction of sp³-hybridized carbons (Fsp3) is 0.364. The van der Waals surface area contributed by atoms with Crippen LogP contribution in [0.2, 0.25) is 0 Å². The van der Waals surface area contributed by atoms with Gasteiger partial charge in [-0.3, -0.25) is 0 Å². The molecule has 0 bridgehead atoms. The van der Waals surface area contributed by atoms with Crippen LogP contribution in [0.3, 0.4) is 0 Å². The molecule has 28 heavy (non-hydrogen) atoms. The second kappa shape index (κ2) is 7.92. The summed E-state index contributed by atoms with van der Waals surface area (Å²) in [5.74, 6) is -0.422. The van der Waals surface area contributed by atoms with E-state index in [1.807, 2.05) is 42.5 Å². The minimum Gasteiger partial charge on any atom is -0.478 e. The molecule has 0 saturated carbocycles. The summed E-state index contributed by atoms with van der Waals surface area (Å²) in [5, 5.41) is 9.35. The number of nitrogens with zero attached hydrogens (tertiary/aromatic N) is 2. The largest absolute Gasteiger partial charge is 0.478 e. The highest BCUT2D eigenvalue weighted by Crippen LogP contribution is 2.27. The SMILES string of the molecule is CC(C)N(CCc1ccccc1OC(C)(C)C(=O)O)c1nc2ccccc2o1. The van der Waals surface area contributed by atoms with Gasteiger partial charge in [-0.2, -0.15) is 4.98 Å². The van der Waals surface area contributed by atoms with Crippen LogP contribution in [0.5, 0.6) is 5.75 Å². The fourth-order valence-electron chi connectivity index (χ4n) is 2.93. The minimum absolute atomic E-state index is 0.191. The minimum atomic E-state index is -1.30. The molecule has 0 fully saturated rings. The third kappa shape index (κ3) is 4.27. The van der Waals surface area contributed by atoms with Gasteiger partial charge in [0.2, 0.25) is 0 Å². The Balaban J connectivity index is 1.80. The lowest BCUT2D eigenvalue weighted by molar-refractivity contribution is -0.152. The van der Waals surface area contributed by atoms with Crippen LogP contribution in [-0.4, -0.2) is 34.2 Å². The second-order valence-corrected chi connectivity index (χ2v) is 7.53. The number of carbonyl (C=O) groups is 1. The van der Waals surface area contributed by atoms with E-state index in [1.54, 1.807) is 19.9 Å². The maximum atomic E-state index is 11.4. The van der Waals surface area contributed by atoms with Crippen molar-refractivity contribution in [2.45, 2.75) is 45.8 Å². The standard InChI is InChI=1S/C22H26N2O4/c1-15(2)24(21-23-17-10-6-8-12-19(17)27-21)14-13-16-9-5-7-11-18(16)28-22(3,4)20(25)26/h5-12,15H,13-14H2,1-4H3,(H,25,26). The molecule has 1 aromatic heterocycles. The maximum absolute atomic E-state index is 11.4. The number of ether oxygens (including phenoxy) is 1. The van der Waals surface area contributed by atoms with Crippen molar-refractivity contribution >= 4 is 23.1 Å². The number of hydrogen-bond acceptors (Lipinski definition) is 5. The Morgan fingerprint density at radius 2 is 1.86 bits per heavy atom. The van der Waals surface area contributed by atoms with Crippen LogP contribution >= 0.6 is 0 Å². The summed E-state index contributed by atoms with van der Waals surface area (Å²) >= 11 is 0. The lowest BCUT2D eigenvalue weighted by Crippen LogP contribution is -2.38. The fourth-order valence-corrected chi connectivity index (χ4v) is 2.93. The van der Waals surface area contributed by atoms with Crippen molar-refractivity contribution in [3.8, 4) is 5.75 Å². The monoisotopic (exact) mass is 382 g/mol. The number of aromatic nitrogens is 1. The van der Waals surface area contributed by atoms with E-state index in [0.29, 0.717) is 24.7 Å². The highest BCUT2D eigenvalue weighted by Gasteiger charge is 2.30. The van der Waals surface area contributed by atoms with Gasteiger partial charge in [0.1, 0.15) is 11.3 Å². The summed E-state index contributed by atoms with van der Waals surface area (Å²) in [6, 6.07) is 16.0. The van der Waals surface area contributed by atoms with Gasteiger partial charge in [-0.25, -0.2) is 4.79 Å². The van der Waals surface area contributed by atoms with E-state index in [0.717, 1.165) is 16.7 Å². The van der Waals surface area contributed by atoms with Crippen molar-refractivity contribution in [2.75, 3.05) is 11.4 Å². The van der Waals surface area contributed by atoms with Gasteiger partial charge >= 0.3 is 5.97 Å². The zero-order valence-corrected chi connectivity index (χ0v) is 16.7. The van der Waals surface area contributed by atoms with Gasteiger partial charge in [0.25, 0.3) is 6.01 Å². The molecule has 6 heteroatoms. The van der Waals surface area contributed by atoms with Gasteiger partial charge in [-0.1, -0.05) is 30.3 Å². The smallest absolute Gasteiger partial charge is 0.347 e. The molecule has 0 radical (unpaired) electrons. The van der Waals surface area contributed by atoms with E-state index in [-0.39, 0.29) is 6.04 Å². The average Bonchev–Trinajstić information content (AvgIpc) is 3.06. The number of oxazole rings is 1. The Kier molecular flexibility index (Phi) is 5.58. The lowest BCUT2D eigenvalue weighted by atomic mass is 10.1. The van der Waals surface area contributed by atoms with Crippen LogP contribution in [-0.2, 0) is 11.2 Å². The predicted octanol–water partition coefficient (Wildman–Crippen LogP) is 4.53. The van der Waals surface area contributed by atoms with Crippen molar-refractivity contribution < 1.29 is 19.1 Å². The molecule has 6 nitrogen and oxygen atoms in total. The molecular weight excluding hydrogens is 356 g/mol. The van der Waals surface area contributed by atoms with E-state index < -0.39 is 11.6 Å². The molecule has 2 aromatic carbocycles. The van der Waals surface area contributed by atoms with Crippen LogP contribution in [0.4, 0.5) is 6.01 Å². The number of para-hydroxylation sites is 3. The first-order chi connectivity index (χ1) is 13.3. The van der Waals surface area contributed by atoms with Crippen molar-refractivity contribution in [2.24, 2.45) is 0 Å². The highest BCUT2D eigenvalue weighted by atomic mass is 16.5. The number of carboxylic acid groups (broad SMARTS) is 1. The molecule has 1 N–H and O–H groups in total. The first kappa shape index (κ1) is 19.7. The summed E-state index contributed by atoms with van der Waals surface area (Å²) in [4.78, 5) is 18.1. The van der Waals surface area contributed by atoms with Crippen molar-refractivity contribution in [1.29, 1.82) is 0 Å². The topological polar surface area (TPSA) is 75.8 Å². The lowest BCUT2D eigenvalue weighted by Gasteiger charge is -2.26. The number of anilines is 1. The number of hydrogen-bond donors (Lipinski definition) is 1. The number of aliphatic carboxylic acids is 1. The first-order valence-electron chi connectivity index (χ1n) is 9.40. The Labute approximate surface area is 164 Å². The van der Waals surface area contributed by atoms with Gasteiger partial charge in [-0.15, -0.1) is 0 Å². The van der Waals surface area contributed by atoms with Gasteiger partial charge < -0.3 is 19.2 Å². The molecule has 0 atom stereocenters.